The van der Waals surface area contributed by atoms with Crippen LogP contribution in [0.2, 0.25) is 0 Å². The topological polar surface area (TPSA) is 95.9 Å². The Bertz CT molecular complexity index is 1130. The third-order valence-electron chi connectivity index (χ3n) is 8.67. The normalized spacial score (nSPS) is 28.6. The van der Waals surface area contributed by atoms with E-state index in [1.54, 1.807) is 4.90 Å². The van der Waals surface area contributed by atoms with Crippen LogP contribution in [0.3, 0.4) is 0 Å². The molecule has 182 valence electrons. The second-order valence-electron chi connectivity index (χ2n) is 10.5. The molecule has 2 saturated carbocycles. The number of carboxylic acid groups (broad SMARTS) is 1. The number of nitrogens with one attached hydrogen (secondary N) is 1. The summed E-state index contributed by atoms with van der Waals surface area (Å²) in [7, 11) is 0. The van der Waals surface area contributed by atoms with Crippen molar-refractivity contribution < 1.29 is 24.2 Å². The fourth-order valence-corrected chi connectivity index (χ4v) is 6.81. The fraction of sp³-hybridized carbons (Fsp3) is 0.464. The molecule has 3 aliphatic carbocycles. The van der Waals surface area contributed by atoms with Gasteiger partial charge in [-0.3, -0.25) is 9.59 Å². The molecule has 2 unspecified atom stereocenters. The summed E-state index contributed by atoms with van der Waals surface area (Å²) in [4.78, 5) is 38.6. The summed E-state index contributed by atoms with van der Waals surface area (Å²) >= 11 is 0. The number of carbonyl (C=O) groups excluding carboxylic acids is 2. The molecule has 0 radical (unpaired) electrons. The number of carboxylic acids is 1. The lowest BCUT2D eigenvalue weighted by Crippen LogP contribution is -2.50. The Labute approximate surface area is 204 Å². The van der Waals surface area contributed by atoms with E-state index in [4.69, 9.17) is 4.74 Å². The molecule has 1 heterocycles. The number of rotatable bonds is 5. The lowest BCUT2D eigenvalue weighted by Gasteiger charge is -2.40. The smallest absolute Gasteiger partial charge is 0.407 e. The number of carbonyl (C=O) groups is 3. The molecule has 35 heavy (non-hydrogen) atoms. The van der Waals surface area contributed by atoms with E-state index in [1.807, 2.05) is 24.3 Å². The maximum Gasteiger partial charge on any atom is 0.407 e. The van der Waals surface area contributed by atoms with Crippen molar-refractivity contribution in [3.05, 3.63) is 59.7 Å². The summed E-state index contributed by atoms with van der Waals surface area (Å²) in [5.41, 5.74) is 4.78. The highest BCUT2D eigenvalue weighted by Gasteiger charge is 2.51. The average molecular weight is 475 g/mol. The van der Waals surface area contributed by atoms with Gasteiger partial charge in [0.15, 0.2) is 0 Å². The number of nitrogens with zero attached hydrogens (tertiary/aromatic N) is 1. The molecule has 7 nitrogen and oxygen atoms in total. The Morgan fingerprint density at radius 1 is 0.943 bits per heavy atom. The zero-order valence-corrected chi connectivity index (χ0v) is 19.6. The zero-order chi connectivity index (χ0) is 24.1. The number of likely N-dealkylation sites (tertiary alicyclic amines) is 1. The number of fused-ring (bicyclic) bond motifs is 4. The van der Waals surface area contributed by atoms with E-state index < -0.39 is 18.0 Å². The fourth-order valence-electron chi connectivity index (χ4n) is 6.81. The number of aliphatic carboxylic acids is 1. The molecule has 1 saturated heterocycles. The molecule has 0 bridgehead atoms. The largest absolute Gasteiger partial charge is 0.481 e. The molecule has 0 aromatic heterocycles. The quantitative estimate of drug-likeness (QED) is 0.686. The highest BCUT2D eigenvalue weighted by Crippen LogP contribution is 2.50. The van der Waals surface area contributed by atoms with Crippen molar-refractivity contribution in [2.45, 2.75) is 37.6 Å². The first-order valence-electron chi connectivity index (χ1n) is 12.6. The van der Waals surface area contributed by atoms with E-state index in [0.717, 1.165) is 19.3 Å². The Kier molecular flexibility index (Phi) is 5.50. The second kappa shape index (κ2) is 8.70. The first-order chi connectivity index (χ1) is 17.0. The zero-order valence-electron chi connectivity index (χ0n) is 19.6. The molecular weight excluding hydrogens is 444 g/mol. The van der Waals surface area contributed by atoms with Gasteiger partial charge >= 0.3 is 12.1 Å². The molecule has 4 aliphatic rings. The molecule has 6 rings (SSSR count). The minimum Gasteiger partial charge on any atom is -0.481 e. The van der Waals surface area contributed by atoms with E-state index in [0.29, 0.717) is 38.0 Å². The van der Waals surface area contributed by atoms with Crippen LogP contribution in [0.15, 0.2) is 48.5 Å². The third kappa shape index (κ3) is 3.87. The molecule has 2 amide bonds. The van der Waals surface area contributed by atoms with Gasteiger partial charge in [0.2, 0.25) is 5.91 Å². The highest BCUT2D eigenvalue weighted by atomic mass is 16.5. The monoisotopic (exact) mass is 474 g/mol. The first kappa shape index (κ1) is 22.1. The Morgan fingerprint density at radius 3 is 2.29 bits per heavy atom. The summed E-state index contributed by atoms with van der Waals surface area (Å²) in [6.45, 7) is 1.14. The van der Waals surface area contributed by atoms with Crippen molar-refractivity contribution in [3.63, 3.8) is 0 Å². The van der Waals surface area contributed by atoms with E-state index in [-0.39, 0.29) is 23.8 Å². The van der Waals surface area contributed by atoms with Gasteiger partial charge in [0.25, 0.3) is 0 Å². The maximum atomic E-state index is 12.9. The van der Waals surface area contributed by atoms with Crippen LogP contribution in [-0.4, -0.2) is 53.7 Å². The van der Waals surface area contributed by atoms with Crippen molar-refractivity contribution in [2.75, 3.05) is 19.7 Å². The van der Waals surface area contributed by atoms with Gasteiger partial charge in [-0.15, -0.1) is 0 Å². The van der Waals surface area contributed by atoms with Crippen LogP contribution in [0.5, 0.6) is 0 Å². The van der Waals surface area contributed by atoms with Gasteiger partial charge in [-0.2, -0.15) is 0 Å². The lowest BCUT2D eigenvalue weighted by molar-refractivity contribution is -0.141. The number of hydrogen-bond donors (Lipinski definition) is 2. The van der Waals surface area contributed by atoms with Crippen molar-refractivity contribution in [3.8, 4) is 11.1 Å². The number of benzene rings is 2. The van der Waals surface area contributed by atoms with Crippen LogP contribution in [0.1, 0.15) is 42.7 Å². The predicted molar refractivity (Wildman–Crippen MR) is 129 cm³/mol. The lowest BCUT2D eigenvalue weighted by atomic mass is 9.71. The molecule has 2 N–H and O–H groups in total. The van der Waals surface area contributed by atoms with Gasteiger partial charge in [0, 0.05) is 31.0 Å². The average Bonchev–Trinajstić information content (AvgIpc) is 3.56. The number of hydrogen-bond acceptors (Lipinski definition) is 4. The summed E-state index contributed by atoms with van der Waals surface area (Å²) in [5.74, 6) is -0.469. The summed E-state index contributed by atoms with van der Waals surface area (Å²) in [6, 6.07) is 16.6. The molecule has 7 heteroatoms. The van der Waals surface area contributed by atoms with E-state index in [2.05, 4.69) is 29.6 Å². The Morgan fingerprint density at radius 2 is 1.63 bits per heavy atom. The van der Waals surface area contributed by atoms with Gasteiger partial charge in [-0.1, -0.05) is 48.5 Å². The highest BCUT2D eigenvalue weighted by molar-refractivity contribution is 5.81. The Hall–Kier alpha value is -3.35. The van der Waals surface area contributed by atoms with E-state index in [1.165, 1.54) is 22.3 Å². The van der Waals surface area contributed by atoms with Gasteiger partial charge in [-0.05, 0) is 59.8 Å². The van der Waals surface area contributed by atoms with E-state index in [9.17, 15) is 19.5 Å². The van der Waals surface area contributed by atoms with E-state index >= 15 is 0 Å². The molecule has 2 aromatic rings. The van der Waals surface area contributed by atoms with Crippen molar-refractivity contribution in [1.82, 2.24) is 10.2 Å². The van der Waals surface area contributed by atoms with Gasteiger partial charge in [0.05, 0.1) is 5.92 Å². The van der Waals surface area contributed by atoms with Crippen LogP contribution in [0.25, 0.3) is 11.1 Å². The number of ether oxygens (including phenoxy) is 1. The SMILES string of the molecule is O=C(N[C@H]1C[C@H]2CC(C(=O)N3CCC(C(=O)O)C3)C[C@H]21)OCC1c2ccccc2-c2ccccc21. The molecule has 5 atom stereocenters. The standard InChI is InChI=1S/C28H30N2O5/c31-26(30-10-9-16(14-30)27(32)33)18-11-17-13-25(23(17)12-18)29-28(34)35-15-24-21-7-3-1-5-19(21)20-6-2-4-8-22(20)24/h1-8,16-18,23-25H,9-15H2,(H,29,34)(H,32,33)/t16?,17-,18?,23-,25+/m1/s1. The van der Waals surface area contributed by atoms with Crippen LogP contribution in [0, 0.1) is 23.7 Å². The predicted octanol–water partition coefficient (Wildman–Crippen LogP) is 3.87. The molecular formula is C28H30N2O5. The minimum atomic E-state index is -0.820. The van der Waals surface area contributed by atoms with Gasteiger partial charge in [-0.25, -0.2) is 4.79 Å². The van der Waals surface area contributed by atoms with Crippen LogP contribution in [0.4, 0.5) is 4.79 Å². The van der Waals surface area contributed by atoms with Crippen molar-refractivity contribution >= 4 is 18.0 Å². The van der Waals surface area contributed by atoms with Crippen LogP contribution < -0.4 is 5.32 Å². The minimum absolute atomic E-state index is 0.0332. The molecule has 1 aliphatic heterocycles. The third-order valence-corrected chi connectivity index (χ3v) is 8.67. The first-order valence-corrected chi connectivity index (χ1v) is 12.6. The summed E-state index contributed by atoms with van der Waals surface area (Å²) < 4.78 is 5.70. The van der Waals surface area contributed by atoms with Crippen molar-refractivity contribution in [1.29, 1.82) is 0 Å². The van der Waals surface area contributed by atoms with Crippen molar-refractivity contribution in [2.24, 2.45) is 23.7 Å². The summed E-state index contributed by atoms with van der Waals surface area (Å²) in [5, 5.41) is 12.3. The van der Waals surface area contributed by atoms with Crippen LogP contribution in [-0.2, 0) is 14.3 Å². The number of amides is 2. The maximum absolute atomic E-state index is 12.9. The second-order valence-corrected chi connectivity index (χ2v) is 10.5. The van der Waals surface area contributed by atoms with Crippen LogP contribution >= 0.6 is 0 Å². The molecule has 3 fully saturated rings. The Balaban J connectivity index is 1.02. The summed E-state index contributed by atoms with van der Waals surface area (Å²) in [6.07, 6.45) is 2.60. The number of alkyl carbamates (subject to hydrolysis) is 1. The molecule has 0 spiro atoms. The van der Waals surface area contributed by atoms with Gasteiger partial charge < -0.3 is 20.1 Å². The molecule has 2 aromatic carbocycles. The van der Waals surface area contributed by atoms with Gasteiger partial charge in [0.1, 0.15) is 6.61 Å².